The topological polar surface area (TPSA) is 67.1 Å². The Morgan fingerprint density at radius 3 is 1.86 bits per heavy atom. The number of alkyl halides is 3. The lowest BCUT2D eigenvalue weighted by molar-refractivity contribution is -0.137. The largest absolute Gasteiger partial charge is 0.497 e. The summed E-state index contributed by atoms with van der Waals surface area (Å²) in [4.78, 5) is 12.7. The molecule has 0 amide bonds. The molecule has 1 aromatic heterocycles. The third kappa shape index (κ3) is 4.49. The van der Waals surface area contributed by atoms with Crippen molar-refractivity contribution in [3.63, 3.8) is 0 Å². The van der Waals surface area contributed by atoms with Crippen LogP contribution in [0.4, 0.5) is 13.2 Å². The lowest BCUT2D eigenvalue weighted by Crippen LogP contribution is -2.04. The highest BCUT2D eigenvalue weighted by Crippen LogP contribution is 2.46. The summed E-state index contributed by atoms with van der Waals surface area (Å²) < 4.78 is 66.7. The van der Waals surface area contributed by atoms with Crippen LogP contribution in [0.3, 0.4) is 0 Å². The third-order valence-electron chi connectivity index (χ3n) is 5.52. The highest BCUT2D eigenvalue weighted by Gasteiger charge is 2.31. The van der Waals surface area contributed by atoms with Gasteiger partial charge in [0.15, 0.2) is 0 Å². The molecule has 6 nitrogen and oxygen atoms in total. The molecular weight excluding hydrogens is 465 g/mol. The number of benzene rings is 3. The van der Waals surface area contributed by atoms with Gasteiger partial charge in [0.2, 0.25) is 0 Å². The predicted octanol–water partition coefficient (Wildman–Crippen LogP) is 6.60. The molecule has 0 aliphatic carbocycles. The minimum absolute atomic E-state index is 0.167. The first kappa shape index (κ1) is 24.0. The smallest absolute Gasteiger partial charge is 0.416 e. The summed E-state index contributed by atoms with van der Waals surface area (Å²) in [5, 5.41) is 0.405. The second kappa shape index (κ2) is 9.25. The first-order valence-corrected chi connectivity index (χ1v) is 10.3. The van der Waals surface area contributed by atoms with Crippen molar-refractivity contribution in [1.82, 2.24) is 0 Å². The number of hydrogen-bond acceptors (Lipinski definition) is 6. The highest BCUT2D eigenvalue weighted by molar-refractivity contribution is 6.13. The van der Waals surface area contributed by atoms with Crippen LogP contribution in [0.1, 0.15) is 15.9 Å². The molecule has 0 aliphatic heterocycles. The molecule has 35 heavy (non-hydrogen) atoms. The number of halogens is 3. The van der Waals surface area contributed by atoms with Gasteiger partial charge in [0.1, 0.15) is 28.6 Å². The maximum absolute atomic E-state index is 13.1. The molecule has 182 valence electrons. The molecule has 0 unspecified atom stereocenters. The van der Waals surface area contributed by atoms with Gasteiger partial charge in [-0.1, -0.05) is 12.1 Å². The first-order chi connectivity index (χ1) is 16.7. The summed E-state index contributed by atoms with van der Waals surface area (Å²) in [7, 11) is 5.68. The Morgan fingerprint density at radius 2 is 1.34 bits per heavy atom. The molecule has 0 radical (unpaired) electrons. The van der Waals surface area contributed by atoms with Crippen molar-refractivity contribution >= 4 is 16.9 Å². The maximum Gasteiger partial charge on any atom is 0.416 e. The van der Waals surface area contributed by atoms with Crippen LogP contribution in [-0.4, -0.2) is 34.4 Å². The molecule has 4 aromatic rings. The van der Waals surface area contributed by atoms with E-state index < -0.39 is 17.7 Å². The summed E-state index contributed by atoms with van der Waals surface area (Å²) in [6, 6.07) is 12.8. The molecule has 0 spiro atoms. The lowest BCUT2D eigenvalue weighted by Gasteiger charge is -2.11. The Hall–Kier alpha value is -4.14. The Morgan fingerprint density at radius 1 is 0.771 bits per heavy atom. The van der Waals surface area contributed by atoms with Crippen molar-refractivity contribution in [3.8, 4) is 39.7 Å². The molecule has 0 N–H and O–H groups in total. The molecule has 0 atom stereocenters. The maximum atomic E-state index is 13.1. The van der Waals surface area contributed by atoms with Crippen LogP contribution in [0, 0.1) is 0 Å². The third-order valence-corrected chi connectivity index (χ3v) is 5.52. The summed E-state index contributed by atoms with van der Waals surface area (Å²) in [5.74, 6) is 0.910. The summed E-state index contributed by atoms with van der Waals surface area (Å²) in [5.41, 5.74) is 1.06. The van der Waals surface area contributed by atoms with Gasteiger partial charge in [-0.05, 0) is 35.9 Å². The van der Waals surface area contributed by atoms with E-state index in [1.807, 2.05) is 0 Å². The number of fused-ring (bicyclic) bond motifs is 1. The van der Waals surface area contributed by atoms with Crippen LogP contribution < -0.4 is 14.2 Å². The number of rotatable bonds is 6. The summed E-state index contributed by atoms with van der Waals surface area (Å²) >= 11 is 0. The second-order valence-electron chi connectivity index (χ2n) is 7.52. The van der Waals surface area contributed by atoms with Crippen molar-refractivity contribution in [2.24, 2.45) is 0 Å². The highest BCUT2D eigenvalue weighted by atomic mass is 19.4. The number of carbonyl (C=O) groups is 1. The number of ether oxygens (including phenoxy) is 4. The van der Waals surface area contributed by atoms with Crippen molar-refractivity contribution in [3.05, 3.63) is 65.7 Å². The van der Waals surface area contributed by atoms with Gasteiger partial charge < -0.3 is 23.4 Å². The van der Waals surface area contributed by atoms with E-state index in [4.69, 9.17) is 23.4 Å². The fourth-order valence-electron chi connectivity index (χ4n) is 3.83. The minimum Gasteiger partial charge on any atom is -0.497 e. The van der Waals surface area contributed by atoms with E-state index in [0.29, 0.717) is 39.3 Å². The number of hydrogen-bond donors (Lipinski definition) is 0. The molecule has 0 saturated carbocycles. The van der Waals surface area contributed by atoms with Gasteiger partial charge in [0.05, 0.1) is 39.6 Å². The molecule has 3 aromatic carbocycles. The Balaban J connectivity index is 2.09. The Labute approximate surface area is 198 Å². The van der Waals surface area contributed by atoms with Crippen molar-refractivity contribution in [2.45, 2.75) is 6.18 Å². The minimum atomic E-state index is -4.49. The van der Waals surface area contributed by atoms with E-state index in [2.05, 4.69) is 0 Å². The van der Waals surface area contributed by atoms with Gasteiger partial charge in [0.25, 0.3) is 0 Å². The summed E-state index contributed by atoms with van der Waals surface area (Å²) in [6.07, 6.45) is -4.49. The molecular formula is C26H21F3O6. The van der Waals surface area contributed by atoms with Gasteiger partial charge in [-0.2, -0.15) is 13.2 Å². The Kier molecular flexibility index (Phi) is 6.34. The number of methoxy groups -OCH3 is 4. The van der Waals surface area contributed by atoms with Gasteiger partial charge in [0, 0.05) is 28.6 Å². The zero-order valence-corrected chi connectivity index (χ0v) is 19.3. The van der Waals surface area contributed by atoms with E-state index in [-0.39, 0.29) is 16.9 Å². The van der Waals surface area contributed by atoms with Crippen LogP contribution in [0.5, 0.6) is 17.2 Å². The normalized spacial score (nSPS) is 11.4. The molecule has 4 rings (SSSR count). The quantitative estimate of drug-likeness (QED) is 0.286. The zero-order chi connectivity index (χ0) is 25.3. The Bertz CT molecular complexity index is 1360. The van der Waals surface area contributed by atoms with Crippen LogP contribution in [-0.2, 0) is 10.9 Å². The van der Waals surface area contributed by atoms with Crippen LogP contribution in [0.15, 0.2) is 59.0 Å². The SMILES string of the molecule is COC(=O)c1cc(OC)cc2oc(-c3ccc(C(F)(F)F)cc3)c(-c3cc(OC)cc(OC)c3)c12. The zero-order valence-electron chi connectivity index (χ0n) is 19.3. The van der Waals surface area contributed by atoms with Gasteiger partial charge >= 0.3 is 12.1 Å². The van der Waals surface area contributed by atoms with Crippen LogP contribution in [0.25, 0.3) is 33.4 Å². The van der Waals surface area contributed by atoms with Crippen molar-refractivity contribution < 1.29 is 41.3 Å². The van der Waals surface area contributed by atoms with Gasteiger partial charge in [-0.15, -0.1) is 0 Å². The van der Waals surface area contributed by atoms with Gasteiger partial charge in [-0.25, -0.2) is 4.79 Å². The summed E-state index contributed by atoms with van der Waals surface area (Å²) in [6.45, 7) is 0. The van der Waals surface area contributed by atoms with E-state index >= 15 is 0 Å². The average Bonchev–Trinajstić information content (AvgIpc) is 3.26. The van der Waals surface area contributed by atoms with Crippen LogP contribution >= 0.6 is 0 Å². The van der Waals surface area contributed by atoms with Crippen molar-refractivity contribution in [1.29, 1.82) is 0 Å². The standard InChI is InChI=1S/C26H21F3O6/c1-31-17-9-15(10-18(11-17)32-2)22-23-20(25(30)34-4)12-19(33-3)13-21(23)35-24(22)14-5-7-16(8-6-14)26(27,28)29/h5-13H,1-4H3. The number of furan rings is 1. The van der Waals surface area contributed by atoms with E-state index in [1.54, 1.807) is 24.3 Å². The fourth-order valence-corrected chi connectivity index (χ4v) is 3.83. The molecule has 0 fully saturated rings. The molecule has 0 bridgehead atoms. The first-order valence-electron chi connectivity index (χ1n) is 10.3. The molecule has 0 saturated heterocycles. The van der Waals surface area contributed by atoms with Crippen molar-refractivity contribution in [2.75, 3.05) is 28.4 Å². The second-order valence-corrected chi connectivity index (χ2v) is 7.52. The number of esters is 1. The van der Waals surface area contributed by atoms with E-state index in [1.165, 1.54) is 46.6 Å². The lowest BCUT2D eigenvalue weighted by atomic mass is 9.95. The fraction of sp³-hybridized carbons (Fsp3) is 0.192. The van der Waals surface area contributed by atoms with Crippen LogP contribution in [0.2, 0.25) is 0 Å². The average molecular weight is 486 g/mol. The van der Waals surface area contributed by atoms with E-state index in [9.17, 15) is 18.0 Å². The predicted molar refractivity (Wildman–Crippen MR) is 123 cm³/mol. The monoisotopic (exact) mass is 486 g/mol. The molecule has 1 heterocycles. The van der Waals surface area contributed by atoms with Gasteiger partial charge in [-0.3, -0.25) is 0 Å². The number of carbonyl (C=O) groups excluding carboxylic acids is 1. The molecule has 0 aliphatic rings. The van der Waals surface area contributed by atoms with E-state index in [0.717, 1.165) is 12.1 Å². The molecule has 9 heteroatoms.